The Hall–Kier alpha value is -2.08. The number of benzene rings is 2. The van der Waals surface area contributed by atoms with Crippen LogP contribution >= 0.6 is 0 Å². The Kier molecular flexibility index (Phi) is 5.37. The zero-order valence-corrected chi connectivity index (χ0v) is 12.3. The van der Waals surface area contributed by atoms with Crippen LogP contribution in [-0.4, -0.2) is 0 Å². The third kappa shape index (κ3) is 4.55. The minimum atomic E-state index is 0.659. The minimum Gasteiger partial charge on any atom is -0.0625 e. The molecule has 0 bridgehead atoms. The number of allylic oxidation sites excluding steroid dienone is 3. The molecule has 0 unspecified atom stereocenters. The van der Waals surface area contributed by atoms with Gasteiger partial charge in [0.1, 0.15) is 0 Å². The zero-order valence-electron chi connectivity index (χ0n) is 12.3. The fraction of sp³-hybridized carbons (Fsp3) is 0.200. The molecule has 0 spiro atoms. The molecule has 0 nitrogen and oxygen atoms in total. The van der Waals surface area contributed by atoms with Crippen LogP contribution in [0.2, 0.25) is 0 Å². The van der Waals surface area contributed by atoms with Crippen molar-refractivity contribution in [2.24, 2.45) is 5.92 Å². The molecule has 0 heterocycles. The zero-order chi connectivity index (χ0) is 14.2. The Bertz CT molecular complexity index is 560. The number of rotatable bonds is 5. The minimum absolute atomic E-state index is 0.659. The van der Waals surface area contributed by atoms with Gasteiger partial charge in [0.25, 0.3) is 0 Å². The van der Waals surface area contributed by atoms with Gasteiger partial charge < -0.3 is 0 Å². The largest absolute Gasteiger partial charge is 0.0625 e. The average Bonchev–Trinajstić information content (AvgIpc) is 2.48. The Morgan fingerprint density at radius 3 is 2.10 bits per heavy atom. The molecular weight excluding hydrogens is 240 g/mol. The lowest BCUT2D eigenvalue weighted by molar-refractivity contribution is 0.673. The molecule has 0 saturated heterocycles. The average molecular weight is 262 g/mol. The van der Waals surface area contributed by atoms with E-state index in [-0.39, 0.29) is 0 Å². The Balaban J connectivity index is 2.19. The maximum absolute atomic E-state index is 2.26. The van der Waals surface area contributed by atoms with Crippen molar-refractivity contribution in [3.63, 3.8) is 0 Å². The third-order valence-corrected chi connectivity index (χ3v) is 3.16. The third-order valence-electron chi connectivity index (χ3n) is 3.16. The highest BCUT2D eigenvalue weighted by atomic mass is 14.1. The lowest BCUT2D eigenvalue weighted by Gasteiger charge is -2.09. The molecule has 0 aliphatic heterocycles. The van der Waals surface area contributed by atoms with Crippen LogP contribution in [-0.2, 0) is 0 Å². The first kappa shape index (κ1) is 14.3. The van der Waals surface area contributed by atoms with Crippen LogP contribution in [0, 0.1) is 5.92 Å². The Labute approximate surface area is 122 Å². The van der Waals surface area contributed by atoms with E-state index >= 15 is 0 Å². The van der Waals surface area contributed by atoms with E-state index in [1.165, 1.54) is 16.7 Å². The summed E-state index contributed by atoms with van der Waals surface area (Å²) in [5.74, 6) is 0.659. The molecule has 0 atom stereocenters. The standard InChI is InChI=1S/C20H22/c1-17(2)16-20(19-13-7-4-8-14-19)15-9-12-18-10-5-3-6-11-18/h3-15,17H,16H2,1-2H3. The van der Waals surface area contributed by atoms with E-state index in [1.54, 1.807) is 0 Å². The van der Waals surface area contributed by atoms with E-state index in [0.717, 1.165) is 6.42 Å². The van der Waals surface area contributed by atoms with Crippen LogP contribution < -0.4 is 0 Å². The van der Waals surface area contributed by atoms with E-state index in [2.05, 4.69) is 86.7 Å². The summed E-state index contributed by atoms with van der Waals surface area (Å²) in [6.45, 7) is 4.52. The van der Waals surface area contributed by atoms with E-state index in [4.69, 9.17) is 0 Å². The smallest absolute Gasteiger partial charge is 0.0224 e. The molecule has 0 aliphatic carbocycles. The number of hydrogen-bond acceptors (Lipinski definition) is 0. The molecule has 0 N–H and O–H groups in total. The summed E-state index contributed by atoms with van der Waals surface area (Å²) in [5, 5.41) is 0. The normalized spacial score (nSPS) is 12.2. The number of hydrogen-bond donors (Lipinski definition) is 0. The van der Waals surface area contributed by atoms with Gasteiger partial charge >= 0.3 is 0 Å². The molecule has 2 aromatic rings. The fourth-order valence-electron chi connectivity index (χ4n) is 2.21. The first-order valence-corrected chi connectivity index (χ1v) is 7.23. The summed E-state index contributed by atoms with van der Waals surface area (Å²) in [6.07, 6.45) is 7.65. The van der Waals surface area contributed by atoms with Gasteiger partial charge in [0.15, 0.2) is 0 Å². The van der Waals surface area contributed by atoms with Crippen LogP contribution in [0.5, 0.6) is 0 Å². The maximum Gasteiger partial charge on any atom is -0.0224 e. The molecule has 0 amide bonds. The van der Waals surface area contributed by atoms with Crippen molar-refractivity contribution >= 4 is 11.6 Å². The van der Waals surface area contributed by atoms with Gasteiger partial charge in [0.2, 0.25) is 0 Å². The molecule has 0 saturated carbocycles. The van der Waals surface area contributed by atoms with Gasteiger partial charge in [0.05, 0.1) is 0 Å². The lowest BCUT2D eigenvalue weighted by Crippen LogP contribution is -1.91. The van der Waals surface area contributed by atoms with Crippen LogP contribution in [0.1, 0.15) is 31.4 Å². The summed E-state index contributed by atoms with van der Waals surface area (Å²) in [7, 11) is 0. The van der Waals surface area contributed by atoms with Crippen molar-refractivity contribution < 1.29 is 0 Å². The highest BCUT2D eigenvalue weighted by Crippen LogP contribution is 2.22. The fourth-order valence-corrected chi connectivity index (χ4v) is 2.21. The highest BCUT2D eigenvalue weighted by molar-refractivity contribution is 5.68. The van der Waals surface area contributed by atoms with Gasteiger partial charge in [-0.2, -0.15) is 0 Å². The molecule has 2 aromatic carbocycles. The van der Waals surface area contributed by atoms with Crippen molar-refractivity contribution in [3.05, 3.63) is 83.9 Å². The summed E-state index contributed by atoms with van der Waals surface area (Å²) in [6, 6.07) is 21.1. The van der Waals surface area contributed by atoms with Gasteiger partial charge in [-0.25, -0.2) is 0 Å². The van der Waals surface area contributed by atoms with Crippen molar-refractivity contribution in [1.29, 1.82) is 0 Å². The maximum atomic E-state index is 2.26. The van der Waals surface area contributed by atoms with Crippen LogP contribution in [0.4, 0.5) is 0 Å². The highest BCUT2D eigenvalue weighted by Gasteiger charge is 2.02. The van der Waals surface area contributed by atoms with Crippen molar-refractivity contribution in [1.82, 2.24) is 0 Å². The molecule has 102 valence electrons. The molecule has 0 fully saturated rings. The predicted molar refractivity (Wildman–Crippen MR) is 89.4 cm³/mol. The van der Waals surface area contributed by atoms with Gasteiger partial charge in [-0.3, -0.25) is 0 Å². The summed E-state index contributed by atoms with van der Waals surface area (Å²) < 4.78 is 0. The second-order valence-corrected chi connectivity index (χ2v) is 5.43. The second-order valence-electron chi connectivity index (χ2n) is 5.43. The van der Waals surface area contributed by atoms with Gasteiger partial charge in [0, 0.05) is 0 Å². The van der Waals surface area contributed by atoms with E-state index in [9.17, 15) is 0 Å². The van der Waals surface area contributed by atoms with E-state index in [1.807, 2.05) is 6.07 Å². The van der Waals surface area contributed by atoms with Crippen LogP contribution in [0.15, 0.2) is 72.8 Å². The van der Waals surface area contributed by atoms with E-state index in [0.29, 0.717) is 5.92 Å². The summed E-state index contributed by atoms with van der Waals surface area (Å²) in [4.78, 5) is 0. The van der Waals surface area contributed by atoms with Gasteiger partial charge in [-0.05, 0) is 29.0 Å². The van der Waals surface area contributed by atoms with Gasteiger partial charge in [-0.15, -0.1) is 0 Å². The second kappa shape index (κ2) is 7.49. The van der Waals surface area contributed by atoms with Crippen LogP contribution in [0.25, 0.3) is 11.6 Å². The SMILES string of the molecule is CC(C)CC(=CC=Cc1ccccc1)c1ccccc1. The Morgan fingerprint density at radius 1 is 0.900 bits per heavy atom. The van der Waals surface area contributed by atoms with Crippen LogP contribution in [0.3, 0.4) is 0 Å². The quantitative estimate of drug-likeness (QED) is 0.595. The molecule has 0 aliphatic rings. The molecule has 0 heteroatoms. The van der Waals surface area contributed by atoms with E-state index < -0.39 is 0 Å². The summed E-state index contributed by atoms with van der Waals surface area (Å²) >= 11 is 0. The summed E-state index contributed by atoms with van der Waals surface area (Å²) in [5.41, 5.74) is 3.95. The first-order valence-electron chi connectivity index (χ1n) is 7.23. The van der Waals surface area contributed by atoms with Crippen molar-refractivity contribution in [2.45, 2.75) is 20.3 Å². The van der Waals surface area contributed by atoms with Crippen molar-refractivity contribution in [2.75, 3.05) is 0 Å². The Morgan fingerprint density at radius 2 is 1.50 bits per heavy atom. The lowest BCUT2D eigenvalue weighted by atomic mass is 9.96. The monoisotopic (exact) mass is 262 g/mol. The van der Waals surface area contributed by atoms with Crippen molar-refractivity contribution in [3.8, 4) is 0 Å². The molecular formula is C20H22. The van der Waals surface area contributed by atoms with Gasteiger partial charge in [-0.1, -0.05) is 92.7 Å². The predicted octanol–water partition coefficient (Wildman–Crippen LogP) is 5.83. The molecule has 2 rings (SSSR count). The molecule has 0 radical (unpaired) electrons. The molecule has 20 heavy (non-hydrogen) atoms. The topological polar surface area (TPSA) is 0 Å². The molecule has 0 aromatic heterocycles. The first-order chi connectivity index (χ1) is 9.75.